The standard InChI is InChI=1S/C13H16BrNO2/c1-10(4-5-11-3-2-7-16-11)15-9-13-12(14)6-8-17-13/h2-3,6-8,10,15H,4-5,9H2,1H3. The number of halogens is 1. The van der Waals surface area contributed by atoms with E-state index in [0.717, 1.165) is 35.4 Å². The molecule has 1 unspecified atom stereocenters. The summed E-state index contributed by atoms with van der Waals surface area (Å²) in [5.41, 5.74) is 0. The van der Waals surface area contributed by atoms with Crippen LogP contribution in [0.5, 0.6) is 0 Å². The minimum Gasteiger partial charge on any atom is -0.469 e. The maximum atomic E-state index is 5.34. The van der Waals surface area contributed by atoms with E-state index in [4.69, 9.17) is 8.83 Å². The summed E-state index contributed by atoms with van der Waals surface area (Å²) in [6.07, 6.45) is 5.41. The molecule has 1 N–H and O–H groups in total. The molecule has 2 aromatic heterocycles. The Bertz CT molecular complexity index is 436. The van der Waals surface area contributed by atoms with Gasteiger partial charge in [0.2, 0.25) is 0 Å². The van der Waals surface area contributed by atoms with Crippen molar-refractivity contribution >= 4 is 15.9 Å². The highest BCUT2D eigenvalue weighted by Gasteiger charge is 2.07. The first kappa shape index (κ1) is 12.5. The zero-order valence-corrected chi connectivity index (χ0v) is 11.4. The van der Waals surface area contributed by atoms with Crippen molar-refractivity contribution in [3.05, 3.63) is 46.7 Å². The summed E-state index contributed by atoms with van der Waals surface area (Å²) >= 11 is 3.44. The van der Waals surface area contributed by atoms with Crippen LogP contribution in [0.3, 0.4) is 0 Å². The summed E-state index contributed by atoms with van der Waals surface area (Å²) in [6, 6.07) is 6.27. The lowest BCUT2D eigenvalue weighted by atomic mass is 10.1. The fourth-order valence-electron chi connectivity index (χ4n) is 1.63. The molecule has 4 heteroatoms. The van der Waals surface area contributed by atoms with Crippen molar-refractivity contribution in [2.45, 2.75) is 32.4 Å². The number of hydrogen-bond acceptors (Lipinski definition) is 3. The summed E-state index contributed by atoms with van der Waals surface area (Å²) < 4.78 is 11.7. The molecule has 3 nitrogen and oxygen atoms in total. The molecule has 17 heavy (non-hydrogen) atoms. The fraction of sp³-hybridized carbons (Fsp3) is 0.385. The molecule has 2 rings (SSSR count). The maximum absolute atomic E-state index is 5.34. The average molecular weight is 298 g/mol. The molecule has 2 heterocycles. The minimum absolute atomic E-state index is 0.428. The van der Waals surface area contributed by atoms with E-state index in [1.807, 2.05) is 18.2 Å². The SMILES string of the molecule is CC(CCc1ccco1)NCc1occc1Br. The Morgan fingerprint density at radius 3 is 2.82 bits per heavy atom. The van der Waals surface area contributed by atoms with Crippen LogP contribution in [-0.4, -0.2) is 6.04 Å². The lowest BCUT2D eigenvalue weighted by molar-refractivity contribution is 0.427. The third-order valence-electron chi connectivity index (χ3n) is 2.71. The van der Waals surface area contributed by atoms with Crippen molar-refractivity contribution in [2.75, 3.05) is 0 Å². The van der Waals surface area contributed by atoms with Crippen molar-refractivity contribution in [1.29, 1.82) is 0 Å². The van der Waals surface area contributed by atoms with Gasteiger partial charge in [0, 0.05) is 12.5 Å². The van der Waals surface area contributed by atoms with Gasteiger partial charge < -0.3 is 14.2 Å². The lowest BCUT2D eigenvalue weighted by Gasteiger charge is -2.11. The number of rotatable bonds is 6. The van der Waals surface area contributed by atoms with E-state index in [-0.39, 0.29) is 0 Å². The maximum Gasteiger partial charge on any atom is 0.131 e. The largest absolute Gasteiger partial charge is 0.469 e. The van der Waals surface area contributed by atoms with Gasteiger partial charge in [-0.3, -0.25) is 0 Å². The van der Waals surface area contributed by atoms with Crippen molar-refractivity contribution in [3.8, 4) is 0 Å². The molecule has 0 radical (unpaired) electrons. The molecule has 92 valence electrons. The van der Waals surface area contributed by atoms with Crippen LogP contribution >= 0.6 is 15.9 Å². The monoisotopic (exact) mass is 297 g/mol. The van der Waals surface area contributed by atoms with Gasteiger partial charge in [0.05, 0.1) is 23.5 Å². The van der Waals surface area contributed by atoms with E-state index in [1.165, 1.54) is 0 Å². The van der Waals surface area contributed by atoms with E-state index in [9.17, 15) is 0 Å². The Kier molecular flexibility index (Phi) is 4.45. The molecule has 2 aromatic rings. The molecule has 0 aromatic carbocycles. The molecule has 0 saturated heterocycles. The third kappa shape index (κ3) is 3.75. The van der Waals surface area contributed by atoms with E-state index in [0.29, 0.717) is 6.04 Å². The second-order valence-electron chi connectivity index (χ2n) is 4.09. The van der Waals surface area contributed by atoms with E-state index < -0.39 is 0 Å². The summed E-state index contributed by atoms with van der Waals surface area (Å²) in [4.78, 5) is 0. The Labute approximate surface area is 109 Å². The number of aryl methyl sites for hydroxylation is 1. The number of furan rings is 2. The minimum atomic E-state index is 0.428. The van der Waals surface area contributed by atoms with Crippen LogP contribution < -0.4 is 5.32 Å². The Morgan fingerprint density at radius 1 is 1.29 bits per heavy atom. The lowest BCUT2D eigenvalue weighted by Crippen LogP contribution is -2.25. The van der Waals surface area contributed by atoms with Crippen molar-refractivity contribution < 1.29 is 8.83 Å². The van der Waals surface area contributed by atoms with Crippen molar-refractivity contribution in [3.63, 3.8) is 0 Å². The van der Waals surface area contributed by atoms with Crippen LogP contribution in [0.15, 0.2) is 44.0 Å². The Morgan fingerprint density at radius 2 is 2.18 bits per heavy atom. The molecule has 0 amide bonds. The van der Waals surface area contributed by atoms with Gasteiger partial charge in [-0.1, -0.05) is 0 Å². The van der Waals surface area contributed by atoms with Gasteiger partial charge in [-0.15, -0.1) is 0 Å². The van der Waals surface area contributed by atoms with Crippen LogP contribution in [0.1, 0.15) is 24.9 Å². The van der Waals surface area contributed by atoms with E-state index in [1.54, 1.807) is 12.5 Å². The summed E-state index contributed by atoms with van der Waals surface area (Å²) in [6.45, 7) is 2.91. The fourth-order valence-corrected chi connectivity index (χ4v) is 1.98. The summed E-state index contributed by atoms with van der Waals surface area (Å²) in [7, 11) is 0. The molecule has 0 aliphatic heterocycles. The van der Waals surface area contributed by atoms with E-state index >= 15 is 0 Å². The van der Waals surface area contributed by atoms with Crippen LogP contribution in [0.4, 0.5) is 0 Å². The van der Waals surface area contributed by atoms with Gasteiger partial charge in [0.15, 0.2) is 0 Å². The van der Waals surface area contributed by atoms with Gasteiger partial charge >= 0.3 is 0 Å². The van der Waals surface area contributed by atoms with Crippen LogP contribution in [0.25, 0.3) is 0 Å². The highest BCUT2D eigenvalue weighted by atomic mass is 79.9. The van der Waals surface area contributed by atoms with Gasteiger partial charge in [-0.25, -0.2) is 0 Å². The van der Waals surface area contributed by atoms with Gasteiger partial charge in [-0.05, 0) is 47.5 Å². The zero-order valence-electron chi connectivity index (χ0n) is 9.78. The smallest absolute Gasteiger partial charge is 0.131 e. The second kappa shape index (κ2) is 6.07. The van der Waals surface area contributed by atoms with Crippen molar-refractivity contribution in [2.24, 2.45) is 0 Å². The Balaban J connectivity index is 1.71. The normalized spacial score (nSPS) is 12.8. The first-order valence-electron chi connectivity index (χ1n) is 5.73. The number of nitrogens with one attached hydrogen (secondary N) is 1. The zero-order chi connectivity index (χ0) is 12.1. The molecule has 1 atom stereocenters. The average Bonchev–Trinajstić information content (AvgIpc) is 2.95. The second-order valence-corrected chi connectivity index (χ2v) is 4.95. The third-order valence-corrected chi connectivity index (χ3v) is 3.41. The molecule has 0 bridgehead atoms. The molecule has 0 aliphatic carbocycles. The quantitative estimate of drug-likeness (QED) is 0.882. The molecule has 0 aliphatic rings. The predicted molar refractivity (Wildman–Crippen MR) is 69.7 cm³/mol. The van der Waals surface area contributed by atoms with Gasteiger partial charge in [-0.2, -0.15) is 0 Å². The van der Waals surface area contributed by atoms with Crippen LogP contribution in [-0.2, 0) is 13.0 Å². The van der Waals surface area contributed by atoms with Crippen LogP contribution in [0, 0.1) is 0 Å². The van der Waals surface area contributed by atoms with Crippen LogP contribution in [0.2, 0.25) is 0 Å². The Hall–Kier alpha value is -1.00. The molecule has 0 fully saturated rings. The van der Waals surface area contributed by atoms with Crippen molar-refractivity contribution in [1.82, 2.24) is 5.32 Å². The highest BCUT2D eigenvalue weighted by Crippen LogP contribution is 2.17. The first-order valence-corrected chi connectivity index (χ1v) is 6.52. The summed E-state index contributed by atoms with van der Waals surface area (Å²) in [5, 5.41) is 3.42. The van der Waals surface area contributed by atoms with E-state index in [2.05, 4.69) is 28.2 Å². The molecule has 0 saturated carbocycles. The first-order chi connectivity index (χ1) is 8.25. The molecular formula is C13H16BrNO2. The molecular weight excluding hydrogens is 282 g/mol. The highest BCUT2D eigenvalue weighted by molar-refractivity contribution is 9.10. The predicted octanol–water partition coefficient (Wildman–Crippen LogP) is 3.75. The van der Waals surface area contributed by atoms with Gasteiger partial charge in [0.1, 0.15) is 11.5 Å². The topological polar surface area (TPSA) is 38.3 Å². The number of hydrogen-bond donors (Lipinski definition) is 1. The molecule has 0 spiro atoms. The summed E-state index contributed by atoms with van der Waals surface area (Å²) in [5.74, 6) is 1.98. The van der Waals surface area contributed by atoms with Gasteiger partial charge in [0.25, 0.3) is 0 Å².